The number of thiazole rings is 1. The van der Waals surface area contributed by atoms with Crippen LogP contribution in [-0.4, -0.2) is 11.5 Å². The minimum atomic E-state index is 0.366. The van der Waals surface area contributed by atoms with E-state index in [1.165, 1.54) is 17.0 Å². The molecule has 0 amide bonds. The summed E-state index contributed by atoms with van der Waals surface area (Å²) in [6.45, 7) is 3.21. The van der Waals surface area contributed by atoms with Gasteiger partial charge >= 0.3 is 0 Å². The van der Waals surface area contributed by atoms with Crippen LogP contribution in [0.3, 0.4) is 0 Å². The maximum atomic E-state index is 4.31. The van der Waals surface area contributed by atoms with E-state index in [0.29, 0.717) is 6.04 Å². The second kappa shape index (κ2) is 6.52. The molecule has 0 saturated carbocycles. The highest BCUT2D eigenvalue weighted by Gasteiger charge is 2.05. The van der Waals surface area contributed by atoms with Crippen molar-refractivity contribution in [3.8, 4) is 0 Å². The van der Waals surface area contributed by atoms with Gasteiger partial charge in [-0.05, 0) is 31.9 Å². The van der Waals surface area contributed by atoms with Crippen molar-refractivity contribution < 1.29 is 0 Å². The Morgan fingerprint density at radius 3 is 2.82 bits per heavy atom. The van der Waals surface area contributed by atoms with E-state index >= 15 is 0 Å². The van der Waals surface area contributed by atoms with E-state index in [4.69, 9.17) is 0 Å². The lowest BCUT2D eigenvalue weighted by Gasteiger charge is -2.10. The fraction of sp³-hybridized carbons (Fsp3) is 0.357. The molecule has 2 rings (SSSR count). The van der Waals surface area contributed by atoms with Crippen molar-refractivity contribution in [2.45, 2.75) is 25.8 Å². The zero-order valence-electron chi connectivity index (χ0n) is 10.1. The number of nitrogens with one attached hydrogen (secondary N) is 1. The number of benzene rings is 1. The molecule has 2 aromatic rings. The first kappa shape index (κ1) is 12.3. The molecule has 1 atom stereocenters. The third-order valence-electron chi connectivity index (χ3n) is 2.76. The summed E-state index contributed by atoms with van der Waals surface area (Å²) in [6.07, 6.45) is 4.17. The fourth-order valence-electron chi connectivity index (χ4n) is 1.79. The van der Waals surface area contributed by atoms with Gasteiger partial charge in [-0.15, -0.1) is 11.3 Å². The SMILES string of the molecule is CC(NCCCc1ccccc1)c1nccs1. The number of hydrogen-bond donors (Lipinski definition) is 1. The van der Waals surface area contributed by atoms with Crippen LogP contribution >= 0.6 is 11.3 Å². The van der Waals surface area contributed by atoms with Gasteiger partial charge < -0.3 is 5.32 Å². The Kier molecular flexibility index (Phi) is 4.71. The van der Waals surface area contributed by atoms with Crippen LogP contribution in [0.2, 0.25) is 0 Å². The van der Waals surface area contributed by atoms with Gasteiger partial charge in [0.15, 0.2) is 0 Å². The lowest BCUT2D eigenvalue weighted by atomic mass is 10.1. The first-order valence-electron chi connectivity index (χ1n) is 6.03. The quantitative estimate of drug-likeness (QED) is 0.790. The molecule has 0 bridgehead atoms. The predicted molar refractivity (Wildman–Crippen MR) is 73.3 cm³/mol. The van der Waals surface area contributed by atoms with E-state index in [1.807, 2.05) is 11.6 Å². The zero-order valence-corrected chi connectivity index (χ0v) is 10.9. The van der Waals surface area contributed by atoms with E-state index in [0.717, 1.165) is 13.0 Å². The van der Waals surface area contributed by atoms with Gasteiger partial charge in [0, 0.05) is 11.6 Å². The maximum absolute atomic E-state index is 4.31. The molecular formula is C14H18N2S. The first-order valence-corrected chi connectivity index (χ1v) is 6.91. The number of rotatable bonds is 6. The van der Waals surface area contributed by atoms with Crippen molar-refractivity contribution in [2.75, 3.05) is 6.54 Å². The highest BCUT2D eigenvalue weighted by Crippen LogP contribution is 2.14. The van der Waals surface area contributed by atoms with Crippen LogP contribution in [-0.2, 0) is 6.42 Å². The Bertz CT molecular complexity index is 411. The third kappa shape index (κ3) is 3.95. The molecule has 0 aliphatic carbocycles. The van der Waals surface area contributed by atoms with Crippen molar-refractivity contribution >= 4 is 11.3 Å². The minimum absolute atomic E-state index is 0.366. The number of nitrogens with zero attached hydrogens (tertiary/aromatic N) is 1. The molecule has 3 heteroatoms. The molecule has 2 nitrogen and oxygen atoms in total. The average Bonchev–Trinajstić information content (AvgIpc) is 2.89. The van der Waals surface area contributed by atoms with Gasteiger partial charge in [-0.2, -0.15) is 0 Å². The van der Waals surface area contributed by atoms with E-state index < -0.39 is 0 Å². The summed E-state index contributed by atoms with van der Waals surface area (Å²) in [6, 6.07) is 11.0. The summed E-state index contributed by atoms with van der Waals surface area (Å²) in [4.78, 5) is 4.31. The molecule has 0 aliphatic rings. The average molecular weight is 246 g/mol. The van der Waals surface area contributed by atoms with Crippen LogP contribution in [0.5, 0.6) is 0 Å². The van der Waals surface area contributed by atoms with Gasteiger partial charge in [-0.25, -0.2) is 4.98 Å². The summed E-state index contributed by atoms with van der Waals surface area (Å²) in [7, 11) is 0. The molecule has 1 heterocycles. The number of aryl methyl sites for hydroxylation is 1. The van der Waals surface area contributed by atoms with Crippen molar-refractivity contribution in [3.63, 3.8) is 0 Å². The largest absolute Gasteiger partial charge is 0.308 e. The van der Waals surface area contributed by atoms with Crippen LogP contribution in [0.15, 0.2) is 41.9 Å². The molecule has 1 aromatic carbocycles. The van der Waals surface area contributed by atoms with Gasteiger partial charge in [0.25, 0.3) is 0 Å². The molecular weight excluding hydrogens is 228 g/mol. The number of hydrogen-bond acceptors (Lipinski definition) is 3. The number of aromatic nitrogens is 1. The van der Waals surface area contributed by atoms with E-state index in [-0.39, 0.29) is 0 Å². The van der Waals surface area contributed by atoms with Crippen molar-refractivity contribution in [3.05, 3.63) is 52.5 Å². The molecule has 0 radical (unpaired) electrons. The smallest absolute Gasteiger partial charge is 0.109 e. The monoisotopic (exact) mass is 246 g/mol. The highest BCUT2D eigenvalue weighted by atomic mass is 32.1. The molecule has 1 N–H and O–H groups in total. The summed E-state index contributed by atoms with van der Waals surface area (Å²) < 4.78 is 0. The van der Waals surface area contributed by atoms with E-state index in [1.54, 1.807) is 11.3 Å². The fourth-order valence-corrected chi connectivity index (χ4v) is 2.46. The molecule has 17 heavy (non-hydrogen) atoms. The summed E-state index contributed by atoms with van der Waals surface area (Å²) in [5.74, 6) is 0. The van der Waals surface area contributed by atoms with Crippen molar-refractivity contribution in [1.29, 1.82) is 0 Å². The van der Waals surface area contributed by atoms with Crippen LogP contribution in [0.25, 0.3) is 0 Å². The Labute approximate surface area is 107 Å². The molecule has 0 spiro atoms. The van der Waals surface area contributed by atoms with Crippen molar-refractivity contribution in [2.24, 2.45) is 0 Å². The second-order valence-electron chi connectivity index (χ2n) is 4.14. The molecule has 0 aliphatic heterocycles. The Morgan fingerprint density at radius 1 is 1.29 bits per heavy atom. The van der Waals surface area contributed by atoms with Crippen molar-refractivity contribution in [1.82, 2.24) is 10.3 Å². The third-order valence-corrected chi connectivity index (χ3v) is 3.72. The topological polar surface area (TPSA) is 24.9 Å². The van der Waals surface area contributed by atoms with E-state index in [2.05, 4.69) is 47.6 Å². The highest BCUT2D eigenvalue weighted by molar-refractivity contribution is 7.09. The summed E-state index contributed by atoms with van der Waals surface area (Å²) in [5, 5.41) is 6.70. The van der Waals surface area contributed by atoms with Crippen LogP contribution in [0.1, 0.15) is 30.0 Å². The first-order chi connectivity index (χ1) is 8.36. The molecule has 90 valence electrons. The lowest BCUT2D eigenvalue weighted by molar-refractivity contribution is 0.556. The zero-order chi connectivity index (χ0) is 11.9. The Balaban J connectivity index is 1.67. The van der Waals surface area contributed by atoms with Gasteiger partial charge in [0.1, 0.15) is 5.01 Å². The minimum Gasteiger partial charge on any atom is -0.308 e. The molecule has 1 unspecified atom stereocenters. The maximum Gasteiger partial charge on any atom is 0.109 e. The van der Waals surface area contributed by atoms with E-state index in [9.17, 15) is 0 Å². The predicted octanol–water partition coefficient (Wildman–Crippen LogP) is 3.43. The van der Waals surface area contributed by atoms with Gasteiger partial charge in [-0.1, -0.05) is 30.3 Å². The second-order valence-corrected chi connectivity index (χ2v) is 5.06. The Hall–Kier alpha value is -1.19. The Morgan fingerprint density at radius 2 is 2.12 bits per heavy atom. The van der Waals surface area contributed by atoms with Gasteiger partial charge in [0.05, 0.1) is 6.04 Å². The summed E-state index contributed by atoms with van der Waals surface area (Å²) in [5.41, 5.74) is 1.41. The van der Waals surface area contributed by atoms with Crippen LogP contribution < -0.4 is 5.32 Å². The molecule has 1 aromatic heterocycles. The molecule has 0 saturated heterocycles. The van der Waals surface area contributed by atoms with Gasteiger partial charge in [0.2, 0.25) is 0 Å². The lowest BCUT2D eigenvalue weighted by Crippen LogP contribution is -2.20. The standard InChI is InChI=1S/C14H18N2S/c1-12(14-16-10-11-17-14)15-9-5-8-13-6-3-2-4-7-13/h2-4,6-7,10-12,15H,5,8-9H2,1H3. The normalized spacial score (nSPS) is 12.5. The van der Waals surface area contributed by atoms with Crippen LogP contribution in [0.4, 0.5) is 0 Å². The van der Waals surface area contributed by atoms with Crippen LogP contribution in [0, 0.1) is 0 Å². The van der Waals surface area contributed by atoms with Gasteiger partial charge in [-0.3, -0.25) is 0 Å². The molecule has 0 fully saturated rings. The summed E-state index contributed by atoms with van der Waals surface area (Å²) >= 11 is 1.71.